The second-order valence-corrected chi connectivity index (χ2v) is 6.99. The molecule has 0 heterocycles. The van der Waals surface area contributed by atoms with Gasteiger partial charge >= 0.3 is 0 Å². The summed E-state index contributed by atoms with van der Waals surface area (Å²) in [7, 11) is 0. The van der Waals surface area contributed by atoms with Crippen molar-refractivity contribution in [2.45, 2.75) is 26.1 Å². The van der Waals surface area contributed by atoms with Crippen LogP contribution in [0.4, 0.5) is 0 Å². The van der Waals surface area contributed by atoms with Crippen LogP contribution in [0.2, 0.25) is 0 Å². The normalized spacial score (nSPS) is 11.9. The fourth-order valence-corrected chi connectivity index (χ4v) is 2.85. The third-order valence-corrected chi connectivity index (χ3v) is 4.68. The zero-order chi connectivity index (χ0) is 17.5. The smallest absolute Gasteiger partial charge is 0.119 e. The van der Waals surface area contributed by atoms with Crippen molar-refractivity contribution in [2.75, 3.05) is 0 Å². The monoisotopic (exact) mass is 395 g/mol. The van der Waals surface area contributed by atoms with Gasteiger partial charge < -0.3 is 10.1 Å². The van der Waals surface area contributed by atoms with E-state index in [0.717, 1.165) is 16.8 Å². The summed E-state index contributed by atoms with van der Waals surface area (Å²) < 4.78 is 6.95. The molecule has 0 fully saturated rings. The Kier molecular flexibility index (Phi) is 6.26. The SMILES string of the molecule is CC(NCc1ccc(Br)cc1)c1ccc(OCc2ccccc2)cc1. The first-order chi connectivity index (χ1) is 12.2. The molecule has 2 nitrogen and oxygen atoms in total. The van der Waals surface area contributed by atoms with Gasteiger partial charge in [0, 0.05) is 17.1 Å². The first-order valence-electron chi connectivity index (χ1n) is 8.45. The maximum absolute atomic E-state index is 5.84. The standard InChI is InChI=1S/C22H22BrNO/c1-17(24-15-18-7-11-21(23)12-8-18)20-9-13-22(14-10-20)25-16-19-5-3-2-4-6-19/h2-14,17,24H,15-16H2,1H3. The van der Waals surface area contributed by atoms with Gasteiger partial charge in [-0.1, -0.05) is 70.5 Å². The second kappa shape index (κ2) is 8.84. The van der Waals surface area contributed by atoms with Crippen molar-refractivity contribution in [3.05, 3.63) is 100 Å². The summed E-state index contributed by atoms with van der Waals surface area (Å²) in [5.74, 6) is 0.896. The molecule has 3 rings (SSSR count). The number of ether oxygens (including phenoxy) is 1. The van der Waals surface area contributed by atoms with Gasteiger partial charge in [-0.15, -0.1) is 0 Å². The van der Waals surface area contributed by atoms with Crippen molar-refractivity contribution in [2.24, 2.45) is 0 Å². The molecule has 1 unspecified atom stereocenters. The van der Waals surface area contributed by atoms with Crippen molar-refractivity contribution in [3.63, 3.8) is 0 Å². The van der Waals surface area contributed by atoms with Gasteiger partial charge in [0.2, 0.25) is 0 Å². The Morgan fingerprint density at radius 1 is 0.840 bits per heavy atom. The van der Waals surface area contributed by atoms with Crippen molar-refractivity contribution < 1.29 is 4.74 Å². The highest BCUT2D eigenvalue weighted by Crippen LogP contribution is 2.19. The Bertz CT molecular complexity index is 769. The lowest BCUT2D eigenvalue weighted by atomic mass is 10.1. The predicted molar refractivity (Wildman–Crippen MR) is 107 cm³/mol. The molecular formula is C22H22BrNO. The van der Waals surface area contributed by atoms with Gasteiger partial charge in [-0.05, 0) is 47.9 Å². The highest BCUT2D eigenvalue weighted by molar-refractivity contribution is 9.10. The maximum atomic E-state index is 5.84. The number of hydrogen-bond acceptors (Lipinski definition) is 2. The minimum absolute atomic E-state index is 0.284. The molecule has 0 aliphatic carbocycles. The van der Waals surface area contributed by atoms with Crippen LogP contribution in [0.15, 0.2) is 83.3 Å². The summed E-state index contributed by atoms with van der Waals surface area (Å²) in [4.78, 5) is 0. The molecule has 0 saturated carbocycles. The predicted octanol–water partition coefficient (Wildman–Crippen LogP) is 5.88. The Balaban J connectivity index is 1.51. The molecule has 1 N–H and O–H groups in total. The summed E-state index contributed by atoms with van der Waals surface area (Å²) in [5.41, 5.74) is 3.71. The van der Waals surface area contributed by atoms with Crippen LogP contribution in [0, 0.1) is 0 Å². The van der Waals surface area contributed by atoms with Gasteiger partial charge in [0.1, 0.15) is 12.4 Å². The maximum Gasteiger partial charge on any atom is 0.119 e. The second-order valence-electron chi connectivity index (χ2n) is 6.07. The van der Waals surface area contributed by atoms with Gasteiger partial charge in [0.05, 0.1) is 0 Å². The molecule has 1 atom stereocenters. The lowest BCUT2D eigenvalue weighted by Crippen LogP contribution is -2.17. The fraction of sp³-hybridized carbons (Fsp3) is 0.182. The highest BCUT2D eigenvalue weighted by atomic mass is 79.9. The van der Waals surface area contributed by atoms with Crippen LogP contribution in [0.5, 0.6) is 5.75 Å². The van der Waals surface area contributed by atoms with Crippen molar-refractivity contribution in [1.82, 2.24) is 5.32 Å². The largest absolute Gasteiger partial charge is 0.489 e. The number of halogens is 1. The van der Waals surface area contributed by atoms with E-state index in [2.05, 4.69) is 76.7 Å². The number of hydrogen-bond donors (Lipinski definition) is 1. The number of benzene rings is 3. The van der Waals surface area contributed by atoms with Crippen LogP contribution in [-0.4, -0.2) is 0 Å². The van der Waals surface area contributed by atoms with E-state index in [1.807, 2.05) is 30.3 Å². The molecule has 0 aliphatic heterocycles. The average molecular weight is 396 g/mol. The van der Waals surface area contributed by atoms with Gasteiger partial charge in [0.25, 0.3) is 0 Å². The van der Waals surface area contributed by atoms with E-state index < -0.39 is 0 Å². The topological polar surface area (TPSA) is 21.3 Å². The minimum atomic E-state index is 0.284. The summed E-state index contributed by atoms with van der Waals surface area (Å²) in [5, 5.41) is 3.56. The van der Waals surface area contributed by atoms with Gasteiger partial charge in [-0.3, -0.25) is 0 Å². The lowest BCUT2D eigenvalue weighted by Gasteiger charge is -2.15. The Hall–Kier alpha value is -2.10. The molecule has 3 heteroatoms. The fourth-order valence-electron chi connectivity index (χ4n) is 2.58. The third-order valence-electron chi connectivity index (χ3n) is 4.15. The molecule has 0 radical (unpaired) electrons. The molecule has 0 aliphatic rings. The zero-order valence-electron chi connectivity index (χ0n) is 14.3. The number of nitrogens with one attached hydrogen (secondary N) is 1. The molecule has 25 heavy (non-hydrogen) atoms. The molecule has 0 saturated heterocycles. The van der Waals surface area contributed by atoms with Gasteiger partial charge in [-0.2, -0.15) is 0 Å². The van der Waals surface area contributed by atoms with Crippen LogP contribution in [0.25, 0.3) is 0 Å². The van der Waals surface area contributed by atoms with E-state index in [1.54, 1.807) is 0 Å². The van der Waals surface area contributed by atoms with Crippen LogP contribution in [-0.2, 0) is 13.2 Å². The summed E-state index contributed by atoms with van der Waals surface area (Å²) in [6, 6.07) is 27.2. The van der Waals surface area contributed by atoms with E-state index in [9.17, 15) is 0 Å². The number of rotatable bonds is 7. The molecule has 0 spiro atoms. The molecule has 0 aromatic heterocycles. The Morgan fingerprint density at radius 2 is 1.52 bits per heavy atom. The lowest BCUT2D eigenvalue weighted by molar-refractivity contribution is 0.306. The Morgan fingerprint density at radius 3 is 2.20 bits per heavy atom. The summed E-state index contributed by atoms with van der Waals surface area (Å²) in [6.45, 7) is 3.62. The Labute approximate surface area is 158 Å². The van der Waals surface area contributed by atoms with E-state index in [4.69, 9.17) is 4.74 Å². The van der Waals surface area contributed by atoms with Crippen LogP contribution < -0.4 is 10.1 Å². The average Bonchev–Trinajstić information content (AvgIpc) is 2.67. The van der Waals surface area contributed by atoms with Gasteiger partial charge in [0.15, 0.2) is 0 Å². The van der Waals surface area contributed by atoms with Crippen LogP contribution in [0.3, 0.4) is 0 Å². The van der Waals surface area contributed by atoms with Crippen molar-refractivity contribution >= 4 is 15.9 Å². The van der Waals surface area contributed by atoms with Crippen LogP contribution in [0.1, 0.15) is 29.7 Å². The van der Waals surface area contributed by atoms with Gasteiger partial charge in [-0.25, -0.2) is 0 Å². The molecule has 128 valence electrons. The summed E-state index contributed by atoms with van der Waals surface area (Å²) in [6.07, 6.45) is 0. The molecule has 0 amide bonds. The van der Waals surface area contributed by atoms with E-state index in [1.165, 1.54) is 16.7 Å². The zero-order valence-corrected chi connectivity index (χ0v) is 15.9. The molecular weight excluding hydrogens is 374 g/mol. The minimum Gasteiger partial charge on any atom is -0.489 e. The van der Waals surface area contributed by atoms with Crippen LogP contribution >= 0.6 is 15.9 Å². The third kappa shape index (κ3) is 5.45. The quantitative estimate of drug-likeness (QED) is 0.539. The molecule has 3 aromatic carbocycles. The van der Waals surface area contributed by atoms with Crippen molar-refractivity contribution in [3.8, 4) is 5.75 Å². The first kappa shape index (κ1) is 17.7. The molecule has 3 aromatic rings. The highest BCUT2D eigenvalue weighted by Gasteiger charge is 2.05. The summed E-state index contributed by atoms with van der Waals surface area (Å²) >= 11 is 3.46. The van der Waals surface area contributed by atoms with Crippen molar-refractivity contribution in [1.29, 1.82) is 0 Å². The van der Waals surface area contributed by atoms with E-state index in [-0.39, 0.29) is 6.04 Å². The molecule has 0 bridgehead atoms. The first-order valence-corrected chi connectivity index (χ1v) is 9.24. The van der Waals surface area contributed by atoms with E-state index >= 15 is 0 Å². The van der Waals surface area contributed by atoms with E-state index in [0.29, 0.717) is 6.61 Å².